The van der Waals surface area contributed by atoms with Crippen molar-refractivity contribution in [3.05, 3.63) is 46.4 Å². The van der Waals surface area contributed by atoms with Crippen LogP contribution in [-0.2, 0) is 6.54 Å². The molecule has 4 rings (SSSR count). The molecule has 2 amide bonds. The van der Waals surface area contributed by atoms with E-state index in [1.54, 1.807) is 11.3 Å². The summed E-state index contributed by atoms with van der Waals surface area (Å²) >= 11 is 1.73. The Morgan fingerprint density at radius 3 is 2.78 bits per heavy atom. The fourth-order valence-corrected chi connectivity index (χ4v) is 4.70. The molecule has 0 bridgehead atoms. The van der Waals surface area contributed by atoms with Gasteiger partial charge in [-0.1, -0.05) is 25.3 Å². The van der Waals surface area contributed by atoms with Gasteiger partial charge in [0.15, 0.2) is 0 Å². The number of hydrogen-bond donors (Lipinski definition) is 1. The Labute approximate surface area is 141 Å². The normalized spacial score (nSPS) is 21.9. The number of rotatable bonds is 2. The molecule has 0 radical (unpaired) electrons. The van der Waals surface area contributed by atoms with Gasteiger partial charge in [-0.2, -0.15) is 0 Å². The zero-order valence-electron chi connectivity index (χ0n) is 13.3. The smallest absolute Gasteiger partial charge is 0.318 e. The molecule has 1 unspecified atom stereocenters. The zero-order valence-corrected chi connectivity index (χ0v) is 14.1. The summed E-state index contributed by atoms with van der Waals surface area (Å²) in [6.45, 7) is 1.64. The molecule has 5 heteroatoms. The molecular weight excluding hydrogens is 306 g/mol. The lowest BCUT2D eigenvalue weighted by molar-refractivity contribution is 0.163. The van der Waals surface area contributed by atoms with E-state index in [0.717, 1.165) is 25.9 Å². The van der Waals surface area contributed by atoms with E-state index in [2.05, 4.69) is 45.7 Å². The fourth-order valence-electron chi connectivity index (χ4n) is 3.85. The van der Waals surface area contributed by atoms with Crippen molar-refractivity contribution >= 4 is 17.4 Å². The molecule has 122 valence electrons. The molecule has 23 heavy (non-hydrogen) atoms. The third kappa shape index (κ3) is 2.90. The van der Waals surface area contributed by atoms with E-state index < -0.39 is 0 Å². The van der Waals surface area contributed by atoms with Crippen LogP contribution >= 0.6 is 11.3 Å². The lowest BCUT2D eigenvalue weighted by Crippen LogP contribution is -2.50. The highest BCUT2D eigenvalue weighted by Crippen LogP contribution is 2.35. The average Bonchev–Trinajstić information content (AvgIpc) is 3.26. The highest BCUT2D eigenvalue weighted by atomic mass is 32.1. The van der Waals surface area contributed by atoms with Gasteiger partial charge in [0.2, 0.25) is 0 Å². The molecule has 3 heterocycles. The summed E-state index contributed by atoms with van der Waals surface area (Å²) in [7, 11) is 0. The maximum atomic E-state index is 12.9. The summed E-state index contributed by atoms with van der Waals surface area (Å²) in [5, 5.41) is 5.38. The predicted octanol–water partition coefficient (Wildman–Crippen LogP) is 4.00. The lowest BCUT2D eigenvalue weighted by atomic mass is 9.95. The summed E-state index contributed by atoms with van der Waals surface area (Å²) in [5.41, 5.74) is 1.22. The van der Waals surface area contributed by atoms with Crippen LogP contribution in [0.2, 0.25) is 0 Å². The largest absolute Gasteiger partial charge is 0.347 e. The van der Waals surface area contributed by atoms with Crippen LogP contribution in [0.1, 0.15) is 48.7 Å². The van der Waals surface area contributed by atoms with Crippen LogP contribution in [0.25, 0.3) is 0 Å². The Bertz CT molecular complexity index is 658. The molecule has 2 aliphatic rings. The van der Waals surface area contributed by atoms with E-state index in [9.17, 15) is 4.79 Å². The van der Waals surface area contributed by atoms with Crippen molar-refractivity contribution < 1.29 is 4.79 Å². The van der Waals surface area contributed by atoms with Crippen molar-refractivity contribution in [3.63, 3.8) is 0 Å². The van der Waals surface area contributed by atoms with Crippen molar-refractivity contribution in [1.29, 1.82) is 0 Å². The highest BCUT2D eigenvalue weighted by Gasteiger charge is 2.33. The first-order valence-corrected chi connectivity index (χ1v) is 9.46. The molecular formula is C18H23N3OS. The Hall–Kier alpha value is -1.75. The van der Waals surface area contributed by atoms with Crippen LogP contribution in [0.5, 0.6) is 0 Å². The summed E-state index contributed by atoms with van der Waals surface area (Å²) in [5.74, 6) is 0. The predicted molar refractivity (Wildman–Crippen MR) is 92.7 cm³/mol. The standard InChI is InChI=1S/C18H23N3OS/c22-18(19-14-6-2-1-3-7-14)21-12-11-20-10-4-8-15(20)17(21)16-9-5-13-23-16/h4-5,8-10,13-14,17H,1-3,6-7,11-12H2,(H,19,22). The van der Waals surface area contributed by atoms with Crippen LogP contribution in [0, 0.1) is 0 Å². The van der Waals surface area contributed by atoms with Gasteiger partial charge in [0, 0.05) is 35.9 Å². The molecule has 1 aliphatic heterocycles. The van der Waals surface area contributed by atoms with E-state index in [1.165, 1.54) is 29.8 Å². The number of carbonyl (C=O) groups is 1. The second-order valence-electron chi connectivity index (χ2n) is 6.52. The average molecular weight is 329 g/mol. The third-order valence-electron chi connectivity index (χ3n) is 5.04. The fraction of sp³-hybridized carbons (Fsp3) is 0.500. The summed E-state index contributed by atoms with van der Waals surface area (Å²) in [6, 6.07) is 8.93. The molecule has 1 atom stereocenters. The molecule has 1 saturated carbocycles. The molecule has 4 nitrogen and oxygen atoms in total. The first kappa shape index (κ1) is 14.8. The number of urea groups is 1. The van der Waals surface area contributed by atoms with Crippen molar-refractivity contribution in [2.45, 2.75) is 50.7 Å². The Kier molecular flexibility index (Phi) is 4.12. The van der Waals surface area contributed by atoms with Gasteiger partial charge in [-0.15, -0.1) is 11.3 Å². The number of hydrogen-bond acceptors (Lipinski definition) is 2. The summed E-state index contributed by atoms with van der Waals surface area (Å²) in [4.78, 5) is 16.2. The molecule has 0 aromatic carbocycles. The van der Waals surface area contributed by atoms with Gasteiger partial charge >= 0.3 is 6.03 Å². The molecule has 0 spiro atoms. The maximum Gasteiger partial charge on any atom is 0.318 e. The van der Waals surface area contributed by atoms with E-state index in [0.29, 0.717) is 6.04 Å². The van der Waals surface area contributed by atoms with Gasteiger partial charge in [-0.3, -0.25) is 0 Å². The molecule has 1 N–H and O–H groups in total. The van der Waals surface area contributed by atoms with Gasteiger partial charge in [0.1, 0.15) is 6.04 Å². The van der Waals surface area contributed by atoms with E-state index in [-0.39, 0.29) is 12.1 Å². The van der Waals surface area contributed by atoms with Gasteiger partial charge in [-0.25, -0.2) is 4.79 Å². The molecule has 1 fully saturated rings. The van der Waals surface area contributed by atoms with E-state index in [4.69, 9.17) is 0 Å². The first-order valence-electron chi connectivity index (χ1n) is 8.58. The van der Waals surface area contributed by atoms with Crippen molar-refractivity contribution in [1.82, 2.24) is 14.8 Å². The Morgan fingerprint density at radius 2 is 2.00 bits per heavy atom. The highest BCUT2D eigenvalue weighted by molar-refractivity contribution is 7.10. The first-order chi connectivity index (χ1) is 11.3. The number of fused-ring (bicyclic) bond motifs is 1. The monoisotopic (exact) mass is 329 g/mol. The van der Waals surface area contributed by atoms with E-state index >= 15 is 0 Å². The van der Waals surface area contributed by atoms with Crippen molar-refractivity contribution in [3.8, 4) is 0 Å². The number of carbonyl (C=O) groups excluding carboxylic acids is 1. The van der Waals surface area contributed by atoms with Crippen LogP contribution < -0.4 is 5.32 Å². The molecule has 0 saturated heterocycles. The van der Waals surface area contributed by atoms with Crippen LogP contribution in [0.15, 0.2) is 35.8 Å². The Balaban J connectivity index is 1.58. The van der Waals surface area contributed by atoms with Gasteiger partial charge < -0.3 is 14.8 Å². The van der Waals surface area contributed by atoms with Gasteiger partial charge in [0.25, 0.3) is 0 Å². The Morgan fingerprint density at radius 1 is 1.13 bits per heavy atom. The summed E-state index contributed by atoms with van der Waals surface area (Å²) in [6.07, 6.45) is 8.15. The molecule has 1 aliphatic carbocycles. The van der Waals surface area contributed by atoms with Crippen molar-refractivity contribution in [2.75, 3.05) is 6.54 Å². The number of nitrogens with one attached hydrogen (secondary N) is 1. The van der Waals surface area contributed by atoms with E-state index in [1.807, 2.05) is 4.90 Å². The minimum Gasteiger partial charge on any atom is -0.347 e. The van der Waals surface area contributed by atoms with Gasteiger partial charge in [0.05, 0.1) is 0 Å². The second-order valence-corrected chi connectivity index (χ2v) is 7.50. The number of nitrogens with zero attached hydrogens (tertiary/aromatic N) is 2. The maximum absolute atomic E-state index is 12.9. The van der Waals surface area contributed by atoms with Gasteiger partial charge in [-0.05, 0) is 36.4 Å². The molecule has 2 aromatic heterocycles. The topological polar surface area (TPSA) is 37.3 Å². The summed E-state index contributed by atoms with van der Waals surface area (Å²) < 4.78 is 2.27. The quantitative estimate of drug-likeness (QED) is 0.888. The third-order valence-corrected chi connectivity index (χ3v) is 5.97. The zero-order chi connectivity index (χ0) is 15.6. The second kappa shape index (κ2) is 6.40. The minimum absolute atomic E-state index is 0.0438. The minimum atomic E-state index is 0.0438. The number of amides is 2. The number of aromatic nitrogens is 1. The number of thiophene rings is 1. The van der Waals surface area contributed by atoms with Crippen LogP contribution in [0.4, 0.5) is 4.79 Å². The van der Waals surface area contributed by atoms with Crippen LogP contribution in [0.3, 0.4) is 0 Å². The lowest BCUT2D eigenvalue weighted by Gasteiger charge is -2.37. The SMILES string of the molecule is O=C(NC1CCCCC1)N1CCn2cccc2C1c1cccs1. The molecule has 2 aromatic rings. The van der Waals surface area contributed by atoms with Crippen molar-refractivity contribution in [2.24, 2.45) is 0 Å². The van der Waals surface area contributed by atoms with Crippen LogP contribution in [-0.4, -0.2) is 28.1 Å².